The van der Waals surface area contributed by atoms with Crippen LogP contribution in [0.4, 0.5) is 4.39 Å². The van der Waals surface area contributed by atoms with Crippen molar-refractivity contribution in [3.63, 3.8) is 0 Å². The molecule has 3 rings (SSSR count). The summed E-state index contributed by atoms with van der Waals surface area (Å²) < 4.78 is 24.5. The zero-order valence-corrected chi connectivity index (χ0v) is 16.4. The first-order valence-corrected chi connectivity index (χ1v) is 9.89. The Morgan fingerprint density at radius 1 is 1.21 bits per heavy atom. The van der Waals surface area contributed by atoms with Gasteiger partial charge in [0.1, 0.15) is 5.82 Å². The Morgan fingerprint density at radius 2 is 1.93 bits per heavy atom. The van der Waals surface area contributed by atoms with Gasteiger partial charge < -0.3 is 9.47 Å². The topological polar surface area (TPSA) is 65.0 Å². The molecular weight excluding hydrogens is 361 g/mol. The summed E-state index contributed by atoms with van der Waals surface area (Å²) in [5, 5.41) is 0. The number of hydrogen-bond donors (Lipinski definition) is 0. The molecule has 0 aromatic heterocycles. The van der Waals surface area contributed by atoms with Crippen LogP contribution in [-0.4, -0.2) is 30.5 Å². The number of hydrogen-bond acceptors (Lipinski definition) is 5. The molecule has 0 bridgehead atoms. The molecule has 0 N–H and O–H groups in total. The highest BCUT2D eigenvalue weighted by atomic mass is 19.1. The predicted molar refractivity (Wildman–Crippen MR) is 103 cm³/mol. The number of carbonyl (C=O) groups is 2. The number of esters is 2. The molecule has 5 nitrogen and oxygen atoms in total. The van der Waals surface area contributed by atoms with Crippen LogP contribution in [0, 0.1) is 11.7 Å². The average Bonchev–Trinajstić information content (AvgIpc) is 2.94. The second-order valence-electron chi connectivity index (χ2n) is 7.44. The van der Waals surface area contributed by atoms with Gasteiger partial charge in [-0.2, -0.15) is 0 Å². The van der Waals surface area contributed by atoms with Gasteiger partial charge in [-0.15, -0.1) is 0 Å². The highest BCUT2D eigenvalue weighted by Crippen LogP contribution is 2.30. The van der Waals surface area contributed by atoms with Gasteiger partial charge in [-0.1, -0.05) is 25.1 Å². The largest absolute Gasteiger partial charge is 0.466 e. The molecule has 1 aromatic rings. The first-order valence-electron chi connectivity index (χ1n) is 9.89. The fourth-order valence-corrected chi connectivity index (χ4v) is 3.65. The summed E-state index contributed by atoms with van der Waals surface area (Å²) in [6.45, 7) is 4.19. The van der Waals surface area contributed by atoms with Gasteiger partial charge in [-0.05, 0) is 50.2 Å². The fraction of sp³-hybridized carbons (Fsp3) is 0.500. The maximum absolute atomic E-state index is 14.1. The van der Waals surface area contributed by atoms with Crippen LogP contribution >= 0.6 is 0 Å². The zero-order valence-electron chi connectivity index (χ0n) is 16.4. The van der Waals surface area contributed by atoms with Crippen LogP contribution in [-0.2, 0) is 25.5 Å². The molecule has 0 amide bonds. The molecule has 1 aromatic carbocycles. The second-order valence-corrected chi connectivity index (χ2v) is 7.44. The Hall–Kier alpha value is -2.50. The van der Waals surface area contributed by atoms with Crippen LogP contribution in [0.25, 0.3) is 0 Å². The fourth-order valence-electron chi connectivity index (χ4n) is 3.65. The molecule has 28 heavy (non-hydrogen) atoms. The number of rotatable bonds is 6. The number of aliphatic imine (C=N–C) groups is 1. The van der Waals surface area contributed by atoms with E-state index in [4.69, 9.17) is 9.47 Å². The van der Waals surface area contributed by atoms with Crippen LogP contribution in [0.2, 0.25) is 0 Å². The van der Waals surface area contributed by atoms with Gasteiger partial charge in [0, 0.05) is 12.0 Å². The number of benzene rings is 1. The molecule has 1 aliphatic carbocycles. The zero-order chi connectivity index (χ0) is 20.1. The van der Waals surface area contributed by atoms with Gasteiger partial charge in [-0.25, -0.2) is 14.2 Å². The number of cyclic esters (lactones) is 1. The molecule has 1 fully saturated rings. The normalized spacial score (nSPS) is 23.8. The third-order valence-electron chi connectivity index (χ3n) is 5.29. The van der Waals surface area contributed by atoms with Crippen LogP contribution in [0.15, 0.2) is 40.4 Å². The van der Waals surface area contributed by atoms with E-state index in [1.165, 1.54) is 6.07 Å². The minimum atomic E-state index is -0.564. The predicted octanol–water partition coefficient (Wildman–Crippen LogP) is 4.15. The van der Waals surface area contributed by atoms with E-state index in [2.05, 4.69) is 11.9 Å². The smallest absolute Gasteiger partial charge is 0.341 e. The Balaban J connectivity index is 1.91. The molecule has 6 heteroatoms. The third-order valence-corrected chi connectivity index (χ3v) is 5.29. The van der Waals surface area contributed by atoms with Gasteiger partial charge in [0.05, 0.1) is 24.6 Å². The van der Waals surface area contributed by atoms with Crippen molar-refractivity contribution in [1.82, 2.24) is 0 Å². The SMILES string of the molecule is CCOC(=O)CC1=C(Cc2ccccc2F)C(=O)OC1=NC1CCC(C)CC1. The summed E-state index contributed by atoms with van der Waals surface area (Å²) in [6.07, 6.45) is 3.96. The Labute approximate surface area is 164 Å². The molecule has 0 radical (unpaired) electrons. The maximum atomic E-state index is 14.1. The lowest BCUT2D eigenvalue weighted by Gasteiger charge is -2.23. The Bertz CT molecular complexity index is 807. The van der Waals surface area contributed by atoms with Crippen molar-refractivity contribution in [3.05, 3.63) is 46.8 Å². The van der Waals surface area contributed by atoms with E-state index >= 15 is 0 Å². The van der Waals surface area contributed by atoms with Gasteiger partial charge in [-0.3, -0.25) is 4.79 Å². The van der Waals surface area contributed by atoms with Crippen molar-refractivity contribution in [2.75, 3.05) is 6.61 Å². The lowest BCUT2D eigenvalue weighted by molar-refractivity contribution is -0.142. The first-order chi connectivity index (χ1) is 13.5. The monoisotopic (exact) mass is 387 g/mol. The van der Waals surface area contributed by atoms with E-state index in [9.17, 15) is 14.0 Å². The summed E-state index contributed by atoms with van der Waals surface area (Å²) in [6, 6.07) is 6.34. The first kappa shape index (κ1) is 20.2. The molecule has 0 unspecified atom stereocenters. The third kappa shape index (κ3) is 4.86. The van der Waals surface area contributed by atoms with Crippen molar-refractivity contribution in [3.8, 4) is 0 Å². The van der Waals surface area contributed by atoms with Gasteiger partial charge in [0.25, 0.3) is 0 Å². The van der Waals surface area contributed by atoms with Gasteiger partial charge >= 0.3 is 11.9 Å². The molecular formula is C22H26FNO4. The van der Waals surface area contributed by atoms with E-state index in [-0.39, 0.29) is 37.0 Å². The summed E-state index contributed by atoms with van der Waals surface area (Å²) in [5.74, 6) is -0.542. The Kier molecular flexibility index (Phi) is 6.60. The molecule has 2 aliphatic rings. The summed E-state index contributed by atoms with van der Waals surface area (Å²) in [7, 11) is 0. The minimum absolute atomic E-state index is 0.0565. The van der Waals surface area contributed by atoms with Crippen LogP contribution in [0.5, 0.6) is 0 Å². The molecule has 150 valence electrons. The summed E-state index contributed by atoms with van der Waals surface area (Å²) in [5.41, 5.74) is 1.08. The molecule has 1 heterocycles. The van der Waals surface area contributed by atoms with E-state index in [1.54, 1.807) is 25.1 Å². The van der Waals surface area contributed by atoms with E-state index in [0.29, 0.717) is 17.1 Å². The van der Waals surface area contributed by atoms with Crippen LogP contribution in [0.1, 0.15) is 51.5 Å². The van der Waals surface area contributed by atoms with E-state index in [1.807, 2.05) is 0 Å². The number of nitrogens with zero attached hydrogens (tertiary/aromatic N) is 1. The van der Waals surface area contributed by atoms with Crippen molar-refractivity contribution >= 4 is 17.8 Å². The summed E-state index contributed by atoms with van der Waals surface area (Å²) >= 11 is 0. The quantitative estimate of drug-likeness (QED) is 0.688. The molecule has 1 saturated carbocycles. The maximum Gasteiger partial charge on any atom is 0.341 e. The van der Waals surface area contributed by atoms with Crippen molar-refractivity contribution in [2.45, 2.75) is 58.4 Å². The molecule has 0 saturated heterocycles. The lowest BCUT2D eigenvalue weighted by atomic mass is 9.87. The summed E-state index contributed by atoms with van der Waals surface area (Å²) in [4.78, 5) is 29.3. The Morgan fingerprint density at radius 3 is 2.61 bits per heavy atom. The second kappa shape index (κ2) is 9.13. The van der Waals surface area contributed by atoms with Crippen molar-refractivity contribution in [1.29, 1.82) is 0 Å². The lowest BCUT2D eigenvalue weighted by Crippen LogP contribution is -2.19. The van der Waals surface area contributed by atoms with Crippen molar-refractivity contribution in [2.24, 2.45) is 10.9 Å². The highest BCUT2D eigenvalue weighted by Gasteiger charge is 2.34. The average molecular weight is 387 g/mol. The molecule has 0 spiro atoms. The highest BCUT2D eigenvalue weighted by molar-refractivity contribution is 6.16. The van der Waals surface area contributed by atoms with Gasteiger partial charge in [0.2, 0.25) is 5.90 Å². The number of carbonyl (C=O) groups excluding carboxylic acids is 2. The minimum Gasteiger partial charge on any atom is -0.466 e. The van der Waals surface area contributed by atoms with E-state index in [0.717, 1.165) is 25.7 Å². The van der Waals surface area contributed by atoms with E-state index < -0.39 is 17.8 Å². The molecule has 1 aliphatic heterocycles. The number of ether oxygens (including phenoxy) is 2. The van der Waals surface area contributed by atoms with Gasteiger partial charge in [0.15, 0.2) is 0 Å². The standard InChI is InChI=1S/C22H26FNO4/c1-3-27-20(25)13-17-18(12-15-6-4-5-7-19(15)23)22(26)28-21(17)24-16-10-8-14(2)9-11-16/h4-7,14,16H,3,8-13H2,1-2H3. The van der Waals surface area contributed by atoms with Crippen LogP contribution < -0.4 is 0 Å². The number of halogens is 1. The van der Waals surface area contributed by atoms with Crippen LogP contribution in [0.3, 0.4) is 0 Å². The van der Waals surface area contributed by atoms with Crippen molar-refractivity contribution < 1.29 is 23.5 Å². The molecule has 0 atom stereocenters.